The minimum atomic E-state index is -0.373. The summed E-state index contributed by atoms with van der Waals surface area (Å²) in [6.45, 7) is 0.257. The molecule has 2 rings (SSSR count). The summed E-state index contributed by atoms with van der Waals surface area (Å²) in [5.74, 6) is -0.0688. The van der Waals surface area contributed by atoms with Crippen molar-refractivity contribution in [1.29, 1.82) is 0 Å². The number of nitrogens with one attached hydrogen (secondary N) is 2. The van der Waals surface area contributed by atoms with Crippen LogP contribution in [-0.4, -0.2) is 21.1 Å². The number of halogens is 1. The van der Waals surface area contributed by atoms with Gasteiger partial charge >= 0.3 is 0 Å². The summed E-state index contributed by atoms with van der Waals surface area (Å²) in [4.78, 5) is 15.4. The van der Waals surface area contributed by atoms with Crippen molar-refractivity contribution in [3.8, 4) is 0 Å². The number of carbonyl (C=O) groups excluding carboxylic acids is 1. The third-order valence-corrected chi connectivity index (χ3v) is 2.23. The molecule has 0 bridgehead atoms. The average Bonchev–Trinajstić information content (AvgIpc) is 2.82. The number of benzene rings is 1. The quantitative estimate of drug-likeness (QED) is 0.822. The summed E-state index contributed by atoms with van der Waals surface area (Å²) in [6, 6.07) is 6.20. The molecule has 0 spiro atoms. The highest BCUT2D eigenvalue weighted by Gasteiger charge is 2.07. The van der Waals surface area contributed by atoms with Crippen LogP contribution in [0, 0.1) is 5.82 Å². The van der Waals surface area contributed by atoms with E-state index in [0.717, 1.165) is 0 Å². The molecule has 1 heterocycles. The number of hydrogen-bond donors (Lipinski definition) is 2. The van der Waals surface area contributed by atoms with Gasteiger partial charge in [-0.2, -0.15) is 5.10 Å². The van der Waals surface area contributed by atoms with Gasteiger partial charge in [0.25, 0.3) is 0 Å². The van der Waals surface area contributed by atoms with Crippen molar-refractivity contribution >= 4 is 5.91 Å². The number of H-pyrrole nitrogens is 1. The molecular weight excluding hydrogens is 223 g/mol. The average molecular weight is 234 g/mol. The first-order chi connectivity index (χ1) is 8.25. The van der Waals surface area contributed by atoms with E-state index in [9.17, 15) is 9.18 Å². The highest BCUT2D eigenvalue weighted by molar-refractivity contribution is 5.78. The molecule has 1 aromatic carbocycles. The van der Waals surface area contributed by atoms with Crippen LogP contribution in [0.5, 0.6) is 0 Å². The molecule has 0 radical (unpaired) electrons. The molecule has 1 amide bonds. The van der Waals surface area contributed by atoms with Crippen LogP contribution in [0.25, 0.3) is 0 Å². The van der Waals surface area contributed by atoms with Crippen molar-refractivity contribution in [1.82, 2.24) is 20.5 Å². The fraction of sp³-hybridized carbons (Fsp3) is 0.182. The molecule has 0 aliphatic heterocycles. The fourth-order valence-corrected chi connectivity index (χ4v) is 1.38. The molecule has 0 aliphatic carbocycles. The minimum Gasteiger partial charge on any atom is -0.349 e. The van der Waals surface area contributed by atoms with E-state index in [0.29, 0.717) is 11.4 Å². The zero-order valence-corrected chi connectivity index (χ0v) is 8.98. The lowest BCUT2D eigenvalue weighted by Gasteiger charge is -2.04. The number of aromatic amines is 1. The van der Waals surface area contributed by atoms with E-state index >= 15 is 0 Å². The Balaban J connectivity index is 1.87. The van der Waals surface area contributed by atoms with Crippen LogP contribution in [0.4, 0.5) is 4.39 Å². The topological polar surface area (TPSA) is 70.7 Å². The van der Waals surface area contributed by atoms with Gasteiger partial charge in [0.1, 0.15) is 18.0 Å². The Morgan fingerprint density at radius 3 is 2.94 bits per heavy atom. The molecule has 0 saturated heterocycles. The number of aromatic nitrogens is 3. The number of rotatable bonds is 4. The zero-order valence-electron chi connectivity index (χ0n) is 8.98. The molecule has 17 heavy (non-hydrogen) atoms. The Kier molecular flexibility index (Phi) is 3.44. The number of hydrogen-bond acceptors (Lipinski definition) is 3. The number of nitrogens with zero attached hydrogens (tertiary/aromatic N) is 2. The number of amides is 1. The summed E-state index contributed by atoms with van der Waals surface area (Å²) in [6.07, 6.45) is 1.37. The summed E-state index contributed by atoms with van der Waals surface area (Å²) < 4.78 is 13.3. The van der Waals surface area contributed by atoms with Crippen molar-refractivity contribution < 1.29 is 9.18 Å². The maximum Gasteiger partial charge on any atom is 0.224 e. The van der Waals surface area contributed by atoms with Gasteiger partial charge in [-0.1, -0.05) is 18.2 Å². The second-order valence-electron chi connectivity index (χ2n) is 3.48. The summed E-state index contributed by atoms with van der Waals surface area (Å²) in [5.41, 5.74) is 0.377. The van der Waals surface area contributed by atoms with Crippen LogP contribution in [0.15, 0.2) is 30.6 Å². The van der Waals surface area contributed by atoms with E-state index in [1.807, 2.05) is 0 Å². The molecule has 0 saturated carbocycles. The van der Waals surface area contributed by atoms with Crippen LogP contribution in [-0.2, 0) is 17.8 Å². The van der Waals surface area contributed by atoms with Gasteiger partial charge in [-0.3, -0.25) is 9.89 Å². The lowest BCUT2D eigenvalue weighted by atomic mass is 10.1. The Bertz CT molecular complexity index is 498. The van der Waals surface area contributed by atoms with Gasteiger partial charge in [-0.15, -0.1) is 0 Å². The minimum absolute atomic E-state index is 0.0147. The van der Waals surface area contributed by atoms with Crippen LogP contribution in [0.1, 0.15) is 11.4 Å². The van der Waals surface area contributed by atoms with E-state index in [-0.39, 0.29) is 24.7 Å². The van der Waals surface area contributed by atoms with Crippen molar-refractivity contribution in [2.75, 3.05) is 0 Å². The van der Waals surface area contributed by atoms with Gasteiger partial charge in [0.05, 0.1) is 13.0 Å². The maximum absolute atomic E-state index is 13.3. The van der Waals surface area contributed by atoms with Crippen LogP contribution >= 0.6 is 0 Å². The normalized spacial score (nSPS) is 10.2. The van der Waals surface area contributed by atoms with Crippen molar-refractivity contribution in [3.63, 3.8) is 0 Å². The monoisotopic (exact) mass is 234 g/mol. The first-order valence-electron chi connectivity index (χ1n) is 5.10. The van der Waals surface area contributed by atoms with Gasteiger partial charge < -0.3 is 5.32 Å². The lowest BCUT2D eigenvalue weighted by molar-refractivity contribution is -0.120. The van der Waals surface area contributed by atoms with E-state index < -0.39 is 0 Å². The molecule has 1 aromatic heterocycles. The van der Waals surface area contributed by atoms with E-state index in [1.54, 1.807) is 18.2 Å². The fourth-order valence-electron chi connectivity index (χ4n) is 1.38. The molecule has 6 heteroatoms. The standard InChI is InChI=1S/C11H11FN4O/c12-9-4-2-1-3-8(9)5-11(17)13-6-10-14-7-15-16-10/h1-4,7H,5-6H2,(H,13,17)(H,14,15,16). The first kappa shape index (κ1) is 11.3. The van der Waals surface area contributed by atoms with E-state index in [1.165, 1.54) is 12.4 Å². The Morgan fingerprint density at radius 1 is 1.41 bits per heavy atom. The summed E-state index contributed by atoms with van der Waals surface area (Å²) in [7, 11) is 0. The molecule has 2 N–H and O–H groups in total. The van der Waals surface area contributed by atoms with E-state index in [2.05, 4.69) is 20.5 Å². The number of carbonyl (C=O) groups is 1. The largest absolute Gasteiger partial charge is 0.349 e. The van der Waals surface area contributed by atoms with Crippen molar-refractivity contribution in [2.45, 2.75) is 13.0 Å². The molecule has 0 unspecified atom stereocenters. The summed E-state index contributed by atoms with van der Waals surface area (Å²) in [5, 5.41) is 8.89. The van der Waals surface area contributed by atoms with Gasteiger partial charge in [0, 0.05) is 0 Å². The van der Waals surface area contributed by atoms with Gasteiger partial charge in [0.2, 0.25) is 5.91 Å². The van der Waals surface area contributed by atoms with E-state index in [4.69, 9.17) is 0 Å². The molecule has 5 nitrogen and oxygen atoms in total. The van der Waals surface area contributed by atoms with Crippen molar-refractivity contribution in [2.24, 2.45) is 0 Å². The third-order valence-electron chi connectivity index (χ3n) is 2.23. The predicted molar refractivity (Wildman–Crippen MR) is 58.3 cm³/mol. The Labute approximate surface area is 97.1 Å². The first-order valence-corrected chi connectivity index (χ1v) is 5.10. The highest BCUT2D eigenvalue weighted by atomic mass is 19.1. The molecule has 0 atom stereocenters. The van der Waals surface area contributed by atoms with Crippen LogP contribution in [0.3, 0.4) is 0 Å². The molecular formula is C11H11FN4O. The molecule has 88 valence electrons. The Hall–Kier alpha value is -2.24. The molecule has 0 fully saturated rings. The summed E-state index contributed by atoms with van der Waals surface area (Å²) >= 11 is 0. The Morgan fingerprint density at radius 2 is 2.24 bits per heavy atom. The maximum atomic E-state index is 13.3. The van der Waals surface area contributed by atoms with Crippen LogP contribution in [0.2, 0.25) is 0 Å². The van der Waals surface area contributed by atoms with Gasteiger partial charge in [-0.05, 0) is 11.6 Å². The molecule has 0 aliphatic rings. The second kappa shape index (κ2) is 5.20. The van der Waals surface area contributed by atoms with Gasteiger partial charge in [0.15, 0.2) is 0 Å². The molecule has 2 aromatic rings. The highest BCUT2D eigenvalue weighted by Crippen LogP contribution is 2.06. The van der Waals surface area contributed by atoms with Crippen LogP contribution < -0.4 is 5.32 Å². The van der Waals surface area contributed by atoms with Gasteiger partial charge in [-0.25, -0.2) is 9.37 Å². The predicted octanol–water partition coefficient (Wildman–Crippen LogP) is 0.803. The second-order valence-corrected chi connectivity index (χ2v) is 3.48. The third kappa shape index (κ3) is 3.10. The smallest absolute Gasteiger partial charge is 0.224 e. The SMILES string of the molecule is O=C(Cc1ccccc1F)NCc1ncn[nH]1. The van der Waals surface area contributed by atoms with Crippen molar-refractivity contribution in [3.05, 3.63) is 47.8 Å². The zero-order chi connectivity index (χ0) is 12.1. The lowest BCUT2D eigenvalue weighted by Crippen LogP contribution is -2.25.